The summed E-state index contributed by atoms with van der Waals surface area (Å²) >= 11 is 0. The first-order chi connectivity index (χ1) is 13.8. The number of ether oxygens (including phenoxy) is 1. The smallest absolute Gasteiger partial charge is 0.233 e. The molecule has 0 aliphatic carbocycles. The predicted octanol–water partition coefficient (Wildman–Crippen LogP) is 3.00. The van der Waals surface area contributed by atoms with E-state index in [1.54, 1.807) is 0 Å². The first-order valence-corrected chi connectivity index (χ1v) is 10.5. The van der Waals surface area contributed by atoms with E-state index in [4.69, 9.17) is 4.74 Å². The molecule has 3 heterocycles. The van der Waals surface area contributed by atoms with Crippen LogP contribution in [0.3, 0.4) is 0 Å². The minimum atomic E-state index is -0.404. The van der Waals surface area contributed by atoms with E-state index in [1.165, 1.54) is 11.1 Å². The molecule has 28 heavy (non-hydrogen) atoms. The molecule has 0 radical (unpaired) electrons. The number of rotatable bonds is 3. The summed E-state index contributed by atoms with van der Waals surface area (Å²) in [5.74, 6) is 0.302. The Balaban J connectivity index is 1.28. The van der Waals surface area contributed by atoms with Gasteiger partial charge in [-0.25, -0.2) is 0 Å². The lowest BCUT2D eigenvalue weighted by Gasteiger charge is -2.50. The van der Waals surface area contributed by atoms with Gasteiger partial charge in [-0.05, 0) is 36.0 Å². The van der Waals surface area contributed by atoms with Crippen LogP contribution < -0.4 is 0 Å². The standard InChI is InChI=1S/C24H28N2O2/c27-23(24(11-14-28-15-12-24)21-8-2-1-3-9-21)26-17-22(18-26)25-13-10-19-6-4-5-7-20(19)16-25/h1-9,22H,10-18H2. The van der Waals surface area contributed by atoms with E-state index in [2.05, 4.69) is 46.2 Å². The second kappa shape index (κ2) is 7.34. The number of fused-ring (bicyclic) bond motifs is 1. The van der Waals surface area contributed by atoms with E-state index in [0.29, 0.717) is 25.2 Å². The molecule has 2 saturated heterocycles. The van der Waals surface area contributed by atoms with Gasteiger partial charge in [0.1, 0.15) is 0 Å². The van der Waals surface area contributed by atoms with E-state index in [-0.39, 0.29) is 0 Å². The monoisotopic (exact) mass is 376 g/mol. The molecule has 2 aromatic rings. The van der Waals surface area contributed by atoms with Gasteiger partial charge in [0.15, 0.2) is 0 Å². The van der Waals surface area contributed by atoms with Gasteiger partial charge in [0, 0.05) is 45.4 Å². The first-order valence-electron chi connectivity index (χ1n) is 10.5. The number of hydrogen-bond acceptors (Lipinski definition) is 3. The summed E-state index contributed by atoms with van der Waals surface area (Å²) in [4.78, 5) is 18.2. The van der Waals surface area contributed by atoms with Gasteiger partial charge < -0.3 is 9.64 Å². The van der Waals surface area contributed by atoms with Crippen molar-refractivity contribution in [2.24, 2.45) is 0 Å². The number of carbonyl (C=O) groups is 1. The van der Waals surface area contributed by atoms with Crippen LogP contribution in [0.4, 0.5) is 0 Å². The number of likely N-dealkylation sites (tertiary alicyclic amines) is 1. The molecule has 0 spiro atoms. The number of amides is 1. The second-order valence-corrected chi connectivity index (χ2v) is 8.41. The summed E-state index contributed by atoms with van der Waals surface area (Å²) in [6, 6.07) is 19.6. The summed E-state index contributed by atoms with van der Waals surface area (Å²) in [5, 5.41) is 0. The Morgan fingerprint density at radius 1 is 0.929 bits per heavy atom. The topological polar surface area (TPSA) is 32.8 Å². The van der Waals surface area contributed by atoms with Crippen LogP contribution in [-0.4, -0.2) is 54.6 Å². The molecule has 1 amide bonds. The highest BCUT2D eigenvalue weighted by Gasteiger charge is 2.47. The highest BCUT2D eigenvalue weighted by molar-refractivity contribution is 5.89. The summed E-state index contributed by atoms with van der Waals surface area (Å²) < 4.78 is 5.60. The number of hydrogen-bond donors (Lipinski definition) is 0. The first kappa shape index (κ1) is 17.9. The summed E-state index contributed by atoms with van der Waals surface area (Å²) in [6.07, 6.45) is 2.69. The summed E-state index contributed by atoms with van der Waals surface area (Å²) in [6.45, 7) is 5.16. The van der Waals surface area contributed by atoms with E-state index in [1.807, 2.05) is 18.2 Å². The zero-order valence-corrected chi connectivity index (χ0v) is 16.3. The van der Waals surface area contributed by atoms with E-state index >= 15 is 0 Å². The third-order valence-corrected chi connectivity index (χ3v) is 6.91. The fraction of sp³-hybridized carbons (Fsp3) is 0.458. The van der Waals surface area contributed by atoms with Crippen molar-refractivity contribution in [2.45, 2.75) is 37.3 Å². The summed E-state index contributed by atoms with van der Waals surface area (Å²) in [7, 11) is 0. The second-order valence-electron chi connectivity index (χ2n) is 8.41. The molecular weight excluding hydrogens is 348 g/mol. The van der Waals surface area contributed by atoms with E-state index in [9.17, 15) is 4.79 Å². The van der Waals surface area contributed by atoms with Crippen molar-refractivity contribution in [3.05, 3.63) is 71.3 Å². The molecule has 5 rings (SSSR count). The van der Waals surface area contributed by atoms with Crippen LogP contribution in [0.25, 0.3) is 0 Å². The minimum absolute atomic E-state index is 0.302. The van der Waals surface area contributed by atoms with Gasteiger partial charge >= 0.3 is 0 Å². The lowest BCUT2D eigenvalue weighted by Crippen LogP contribution is -2.65. The van der Waals surface area contributed by atoms with Crippen LogP contribution in [0.1, 0.15) is 29.5 Å². The summed E-state index contributed by atoms with van der Waals surface area (Å²) in [5.41, 5.74) is 3.68. The average Bonchev–Trinajstić information content (AvgIpc) is 2.73. The molecule has 4 nitrogen and oxygen atoms in total. The Morgan fingerprint density at radius 3 is 2.36 bits per heavy atom. The van der Waals surface area contributed by atoms with Crippen molar-refractivity contribution >= 4 is 5.91 Å². The maximum atomic E-state index is 13.6. The van der Waals surface area contributed by atoms with E-state index < -0.39 is 5.41 Å². The zero-order valence-electron chi connectivity index (χ0n) is 16.3. The molecule has 0 bridgehead atoms. The van der Waals surface area contributed by atoms with Crippen molar-refractivity contribution in [3.63, 3.8) is 0 Å². The minimum Gasteiger partial charge on any atom is -0.381 e. The molecule has 0 N–H and O–H groups in total. The van der Waals surface area contributed by atoms with Gasteiger partial charge in [0.05, 0.1) is 5.41 Å². The third kappa shape index (κ3) is 3.05. The lowest BCUT2D eigenvalue weighted by molar-refractivity contribution is -0.149. The highest BCUT2D eigenvalue weighted by atomic mass is 16.5. The average molecular weight is 377 g/mol. The van der Waals surface area contributed by atoms with Crippen LogP contribution in [0.15, 0.2) is 54.6 Å². The Kier molecular flexibility index (Phi) is 4.69. The van der Waals surface area contributed by atoms with Crippen molar-refractivity contribution in [1.29, 1.82) is 0 Å². The molecule has 3 aliphatic rings. The van der Waals surface area contributed by atoms with Crippen LogP contribution in [0.5, 0.6) is 0 Å². The fourth-order valence-corrected chi connectivity index (χ4v) is 5.09. The van der Waals surface area contributed by atoms with Crippen LogP contribution in [0.2, 0.25) is 0 Å². The molecule has 2 aromatic carbocycles. The van der Waals surface area contributed by atoms with Gasteiger partial charge in [-0.3, -0.25) is 9.69 Å². The lowest BCUT2D eigenvalue weighted by atomic mass is 9.72. The molecule has 4 heteroatoms. The highest BCUT2D eigenvalue weighted by Crippen LogP contribution is 2.38. The Labute approximate surface area is 167 Å². The van der Waals surface area contributed by atoms with Gasteiger partial charge in [-0.2, -0.15) is 0 Å². The van der Waals surface area contributed by atoms with Crippen molar-refractivity contribution in [1.82, 2.24) is 9.80 Å². The Bertz CT molecular complexity index is 839. The zero-order chi connectivity index (χ0) is 19.0. The van der Waals surface area contributed by atoms with E-state index in [0.717, 1.165) is 51.0 Å². The van der Waals surface area contributed by atoms with Crippen molar-refractivity contribution in [2.75, 3.05) is 32.8 Å². The molecule has 2 fully saturated rings. The van der Waals surface area contributed by atoms with Crippen LogP contribution >= 0.6 is 0 Å². The molecule has 0 atom stereocenters. The quantitative estimate of drug-likeness (QED) is 0.826. The number of benzene rings is 2. The Hall–Kier alpha value is -2.17. The third-order valence-electron chi connectivity index (χ3n) is 6.91. The predicted molar refractivity (Wildman–Crippen MR) is 109 cm³/mol. The normalized spacial score (nSPS) is 22.4. The number of nitrogens with zero attached hydrogens (tertiary/aromatic N) is 2. The van der Waals surface area contributed by atoms with Crippen LogP contribution in [-0.2, 0) is 27.9 Å². The number of carbonyl (C=O) groups excluding carboxylic acids is 1. The van der Waals surface area contributed by atoms with Crippen LogP contribution in [0, 0.1) is 0 Å². The van der Waals surface area contributed by atoms with Gasteiger partial charge in [0.25, 0.3) is 0 Å². The molecule has 3 aliphatic heterocycles. The molecule has 146 valence electrons. The largest absolute Gasteiger partial charge is 0.381 e. The van der Waals surface area contributed by atoms with Crippen molar-refractivity contribution < 1.29 is 9.53 Å². The SMILES string of the molecule is O=C(N1CC(N2CCc3ccccc3C2)C1)C1(c2ccccc2)CCOCC1. The van der Waals surface area contributed by atoms with Gasteiger partial charge in [-0.1, -0.05) is 54.6 Å². The maximum absolute atomic E-state index is 13.6. The van der Waals surface area contributed by atoms with Gasteiger partial charge in [0.2, 0.25) is 5.91 Å². The maximum Gasteiger partial charge on any atom is 0.233 e. The fourth-order valence-electron chi connectivity index (χ4n) is 5.09. The van der Waals surface area contributed by atoms with Crippen molar-refractivity contribution in [3.8, 4) is 0 Å². The molecule has 0 aromatic heterocycles. The molecule has 0 unspecified atom stereocenters. The van der Waals surface area contributed by atoms with Gasteiger partial charge in [-0.15, -0.1) is 0 Å². The molecule has 0 saturated carbocycles. The molecular formula is C24H28N2O2. The Morgan fingerprint density at radius 2 is 1.61 bits per heavy atom.